The summed E-state index contributed by atoms with van der Waals surface area (Å²) >= 11 is 0. The SMILES string of the molecule is CCCCCCCCCCCCCCCCCCCCCCCC(=O)OCC(COC1OC(C(=O)O)C(O)C(O)C1O)OC(=O)CCCCCCCCCCCCCCC. The quantitative estimate of drug-likeness (QED) is 0.0340. The van der Waals surface area contributed by atoms with Crippen molar-refractivity contribution in [1.82, 2.24) is 0 Å². The van der Waals surface area contributed by atoms with Crippen LogP contribution in [0.2, 0.25) is 0 Å². The van der Waals surface area contributed by atoms with Gasteiger partial charge in [0.1, 0.15) is 24.9 Å². The van der Waals surface area contributed by atoms with Crippen LogP contribution >= 0.6 is 0 Å². The van der Waals surface area contributed by atoms with Crippen LogP contribution in [-0.4, -0.2) is 88.4 Å². The Morgan fingerprint density at radius 2 is 0.783 bits per heavy atom. The molecule has 1 aliphatic rings. The summed E-state index contributed by atoms with van der Waals surface area (Å²) in [5, 5.41) is 39.9. The maximum atomic E-state index is 12.8. The van der Waals surface area contributed by atoms with Crippen molar-refractivity contribution in [3.8, 4) is 0 Å². The van der Waals surface area contributed by atoms with Gasteiger partial charge in [-0.2, -0.15) is 0 Å². The van der Waals surface area contributed by atoms with Crippen LogP contribution in [0.1, 0.15) is 245 Å². The van der Waals surface area contributed by atoms with E-state index in [4.69, 9.17) is 18.9 Å². The molecule has 1 fully saturated rings. The van der Waals surface area contributed by atoms with Crippen molar-refractivity contribution in [3.05, 3.63) is 0 Å². The van der Waals surface area contributed by atoms with Crippen LogP contribution in [0, 0.1) is 0 Å². The molecule has 11 nitrogen and oxygen atoms in total. The Hall–Kier alpha value is -1.79. The number of aliphatic carboxylic acids is 1. The molecular weight excluding hydrogens is 765 g/mol. The first-order valence-corrected chi connectivity index (χ1v) is 25.1. The lowest BCUT2D eigenvalue weighted by Gasteiger charge is -2.38. The summed E-state index contributed by atoms with van der Waals surface area (Å²) in [5.41, 5.74) is 0. The van der Waals surface area contributed by atoms with E-state index >= 15 is 0 Å². The fourth-order valence-electron chi connectivity index (χ4n) is 8.00. The zero-order valence-electron chi connectivity index (χ0n) is 38.5. The minimum absolute atomic E-state index is 0.191. The number of carbonyl (C=O) groups is 3. The van der Waals surface area contributed by atoms with E-state index in [9.17, 15) is 34.8 Å². The number of hydrogen-bond acceptors (Lipinski definition) is 10. The molecule has 60 heavy (non-hydrogen) atoms. The Balaban J connectivity index is 2.26. The summed E-state index contributed by atoms with van der Waals surface area (Å²) < 4.78 is 21.8. The van der Waals surface area contributed by atoms with E-state index in [1.807, 2.05) is 0 Å². The van der Waals surface area contributed by atoms with Crippen LogP contribution in [0.25, 0.3) is 0 Å². The highest BCUT2D eigenvalue weighted by Crippen LogP contribution is 2.23. The molecule has 1 rings (SSSR count). The number of esters is 2. The van der Waals surface area contributed by atoms with Crippen LogP contribution in [0.5, 0.6) is 0 Å². The third-order valence-electron chi connectivity index (χ3n) is 12.0. The minimum atomic E-state index is -1.86. The zero-order valence-corrected chi connectivity index (χ0v) is 38.5. The van der Waals surface area contributed by atoms with Gasteiger partial charge in [0.2, 0.25) is 0 Å². The summed E-state index contributed by atoms with van der Waals surface area (Å²) in [5.74, 6) is -2.42. The topological polar surface area (TPSA) is 169 Å². The third-order valence-corrected chi connectivity index (χ3v) is 12.0. The average Bonchev–Trinajstić information content (AvgIpc) is 3.23. The van der Waals surface area contributed by atoms with Crippen LogP contribution < -0.4 is 0 Å². The number of rotatable bonds is 43. The molecule has 0 aromatic carbocycles. The van der Waals surface area contributed by atoms with E-state index in [-0.39, 0.29) is 26.1 Å². The number of carboxylic acid groups (broad SMARTS) is 1. The van der Waals surface area contributed by atoms with Gasteiger partial charge < -0.3 is 39.4 Å². The monoisotopic (exact) mass is 857 g/mol. The van der Waals surface area contributed by atoms with Crippen LogP contribution in [0.3, 0.4) is 0 Å². The molecule has 1 heterocycles. The van der Waals surface area contributed by atoms with Crippen molar-refractivity contribution < 1.29 is 53.8 Å². The van der Waals surface area contributed by atoms with Crippen molar-refractivity contribution in [2.24, 2.45) is 0 Å². The number of unbranched alkanes of at least 4 members (excludes halogenated alkanes) is 32. The number of hydrogen-bond donors (Lipinski definition) is 4. The molecule has 0 aromatic rings. The summed E-state index contributed by atoms with van der Waals surface area (Å²) in [7, 11) is 0. The highest BCUT2D eigenvalue weighted by atomic mass is 16.7. The lowest BCUT2D eigenvalue weighted by molar-refractivity contribution is -0.298. The standard InChI is InChI=1S/C49H92O11/c1-3-5-7-9-11-13-15-17-18-19-20-21-22-23-24-26-27-29-31-33-35-37-42(50)57-39-41(40-58-49-46(54)44(52)45(53)47(60-49)48(55)56)59-43(51)38-36-34-32-30-28-25-16-14-12-10-8-6-4-2/h41,44-47,49,52-54H,3-40H2,1-2H3,(H,55,56). The molecule has 6 unspecified atom stereocenters. The van der Waals surface area contributed by atoms with Gasteiger partial charge >= 0.3 is 17.9 Å². The van der Waals surface area contributed by atoms with Gasteiger partial charge in [-0.3, -0.25) is 9.59 Å². The average molecular weight is 857 g/mol. The van der Waals surface area contributed by atoms with E-state index in [0.717, 1.165) is 38.5 Å². The van der Waals surface area contributed by atoms with Crippen LogP contribution in [0.15, 0.2) is 0 Å². The summed E-state index contributed by atoms with van der Waals surface area (Å²) in [6, 6.07) is 0. The molecule has 0 saturated carbocycles. The van der Waals surface area contributed by atoms with E-state index in [1.165, 1.54) is 167 Å². The van der Waals surface area contributed by atoms with Gasteiger partial charge in [-0.1, -0.05) is 219 Å². The van der Waals surface area contributed by atoms with E-state index < -0.39 is 54.7 Å². The maximum Gasteiger partial charge on any atom is 0.335 e. The summed E-state index contributed by atoms with van der Waals surface area (Å²) in [6.07, 6.45) is 33.0. The minimum Gasteiger partial charge on any atom is -0.479 e. The second kappa shape index (κ2) is 40.0. The number of carboxylic acids is 1. The predicted molar refractivity (Wildman–Crippen MR) is 239 cm³/mol. The largest absolute Gasteiger partial charge is 0.479 e. The molecule has 0 bridgehead atoms. The van der Waals surface area contributed by atoms with E-state index in [0.29, 0.717) is 12.8 Å². The predicted octanol–water partition coefficient (Wildman–Crippen LogP) is 11.4. The van der Waals surface area contributed by atoms with Gasteiger partial charge in [0, 0.05) is 12.8 Å². The van der Waals surface area contributed by atoms with E-state index in [2.05, 4.69) is 13.8 Å². The molecule has 6 atom stereocenters. The van der Waals surface area contributed by atoms with Crippen molar-refractivity contribution >= 4 is 17.9 Å². The summed E-state index contributed by atoms with van der Waals surface area (Å²) in [4.78, 5) is 36.9. The lowest BCUT2D eigenvalue weighted by atomic mass is 9.99. The Kier molecular flexibility index (Phi) is 37.5. The van der Waals surface area contributed by atoms with Crippen LogP contribution in [-0.2, 0) is 33.3 Å². The van der Waals surface area contributed by atoms with Crippen molar-refractivity contribution in [3.63, 3.8) is 0 Å². The third kappa shape index (κ3) is 31.1. The highest BCUT2D eigenvalue weighted by molar-refractivity contribution is 5.73. The zero-order chi connectivity index (χ0) is 43.9. The first-order chi connectivity index (χ1) is 29.2. The van der Waals surface area contributed by atoms with Crippen molar-refractivity contribution in [2.75, 3.05) is 13.2 Å². The molecule has 0 aromatic heterocycles. The molecule has 1 aliphatic heterocycles. The van der Waals surface area contributed by atoms with Gasteiger partial charge in [-0.25, -0.2) is 4.79 Å². The van der Waals surface area contributed by atoms with Gasteiger partial charge in [-0.05, 0) is 12.8 Å². The fourth-order valence-corrected chi connectivity index (χ4v) is 8.00. The Morgan fingerprint density at radius 1 is 0.450 bits per heavy atom. The highest BCUT2D eigenvalue weighted by Gasteiger charge is 2.47. The van der Waals surface area contributed by atoms with Gasteiger partial charge in [0.05, 0.1) is 6.61 Å². The summed E-state index contributed by atoms with van der Waals surface area (Å²) in [6.45, 7) is 3.85. The molecule has 0 radical (unpaired) electrons. The Morgan fingerprint density at radius 3 is 1.13 bits per heavy atom. The molecule has 1 saturated heterocycles. The second-order valence-electron chi connectivity index (χ2n) is 17.7. The molecular formula is C49H92O11. The number of carbonyl (C=O) groups excluding carboxylic acids is 2. The second-order valence-corrected chi connectivity index (χ2v) is 17.7. The van der Waals surface area contributed by atoms with Gasteiger partial charge in [0.15, 0.2) is 18.5 Å². The fraction of sp³-hybridized carbons (Fsp3) is 0.939. The van der Waals surface area contributed by atoms with Crippen LogP contribution in [0.4, 0.5) is 0 Å². The first kappa shape index (κ1) is 56.2. The molecule has 0 amide bonds. The Bertz CT molecular complexity index is 1010. The normalized spacial score (nSPS) is 19.6. The number of ether oxygens (including phenoxy) is 4. The number of aliphatic hydroxyl groups excluding tert-OH is 3. The van der Waals surface area contributed by atoms with Crippen molar-refractivity contribution in [1.29, 1.82) is 0 Å². The Labute approximate surface area is 365 Å². The molecule has 11 heteroatoms. The van der Waals surface area contributed by atoms with E-state index in [1.54, 1.807) is 0 Å². The lowest BCUT2D eigenvalue weighted by Crippen LogP contribution is -2.60. The molecule has 354 valence electrons. The van der Waals surface area contributed by atoms with Gasteiger partial charge in [-0.15, -0.1) is 0 Å². The molecule has 0 spiro atoms. The maximum absolute atomic E-state index is 12.8. The molecule has 4 N–H and O–H groups in total. The number of aliphatic hydroxyl groups is 3. The van der Waals surface area contributed by atoms with Gasteiger partial charge in [0.25, 0.3) is 0 Å². The smallest absolute Gasteiger partial charge is 0.335 e. The first-order valence-electron chi connectivity index (χ1n) is 25.1. The molecule has 0 aliphatic carbocycles. The van der Waals surface area contributed by atoms with Crippen molar-refractivity contribution in [2.45, 2.75) is 282 Å².